The summed E-state index contributed by atoms with van der Waals surface area (Å²) >= 11 is 0. The maximum absolute atomic E-state index is 11.9. The zero-order valence-electron chi connectivity index (χ0n) is 15.9. The van der Waals surface area contributed by atoms with E-state index in [4.69, 9.17) is 4.74 Å². The third-order valence-corrected chi connectivity index (χ3v) is 4.32. The number of aromatic nitrogens is 2. The van der Waals surface area contributed by atoms with Crippen LogP contribution in [0.2, 0.25) is 0 Å². The number of amides is 1. The summed E-state index contributed by atoms with van der Waals surface area (Å²) in [6.07, 6.45) is 1.06. The van der Waals surface area contributed by atoms with Crippen LogP contribution in [0.5, 0.6) is 5.75 Å². The molecule has 0 radical (unpaired) electrons. The van der Waals surface area contributed by atoms with Crippen LogP contribution in [0.4, 0.5) is 10.6 Å². The van der Waals surface area contributed by atoms with E-state index >= 15 is 0 Å². The van der Waals surface area contributed by atoms with Crippen molar-refractivity contribution in [3.63, 3.8) is 0 Å². The summed E-state index contributed by atoms with van der Waals surface area (Å²) in [5.41, 5.74) is 0.620. The molecule has 0 unspecified atom stereocenters. The molecule has 27 heavy (non-hydrogen) atoms. The zero-order chi connectivity index (χ0) is 18.5. The monoisotopic (exact) mass is 394 g/mol. The lowest BCUT2D eigenvalue weighted by molar-refractivity contribution is 0.172. The maximum Gasteiger partial charge on any atom is 0.414 e. The molecule has 0 bridgehead atoms. The van der Waals surface area contributed by atoms with Gasteiger partial charge in [-0.1, -0.05) is 6.07 Å². The van der Waals surface area contributed by atoms with Crippen molar-refractivity contribution in [2.75, 3.05) is 52.1 Å². The number of anilines is 1. The Labute approximate surface area is 165 Å². The molecular formula is C18H27ClN6O2. The van der Waals surface area contributed by atoms with Gasteiger partial charge < -0.3 is 20.3 Å². The van der Waals surface area contributed by atoms with E-state index in [-0.39, 0.29) is 18.4 Å². The molecule has 8 nitrogen and oxygen atoms in total. The van der Waals surface area contributed by atoms with E-state index in [2.05, 4.69) is 32.4 Å². The fourth-order valence-corrected chi connectivity index (χ4v) is 3.00. The molecule has 1 atom stereocenters. The van der Waals surface area contributed by atoms with Crippen LogP contribution >= 0.6 is 12.4 Å². The van der Waals surface area contributed by atoms with Gasteiger partial charge in [0.1, 0.15) is 17.7 Å². The number of carbonyl (C=O) groups is 1. The second-order valence-electron chi connectivity index (χ2n) is 6.73. The van der Waals surface area contributed by atoms with Crippen molar-refractivity contribution in [1.82, 2.24) is 25.1 Å². The van der Waals surface area contributed by atoms with Crippen LogP contribution in [0.3, 0.4) is 0 Å². The lowest BCUT2D eigenvalue weighted by Crippen LogP contribution is -2.47. The zero-order valence-corrected chi connectivity index (χ0v) is 16.8. The Bertz CT molecular complexity index is 767. The van der Waals surface area contributed by atoms with Gasteiger partial charge in [-0.05, 0) is 19.1 Å². The highest BCUT2D eigenvalue weighted by molar-refractivity contribution is 5.94. The highest BCUT2D eigenvalue weighted by Gasteiger charge is 2.16. The van der Waals surface area contributed by atoms with Gasteiger partial charge in [-0.25, -0.2) is 14.8 Å². The van der Waals surface area contributed by atoms with Crippen molar-refractivity contribution in [2.24, 2.45) is 0 Å². The first kappa shape index (κ1) is 21.1. The first-order valence-corrected chi connectivity index (χ1v) is 8.87. The van der Waals surface area contributed by atoms with Gasteiger partial charge in [-0.15, -0.1) is 12.4 Å². The summed E-state index contributed by atoms with van der Waals surface area (Å²) in [6.45, 7) is 7.27. The van der Waals surface area contributed by atoms with Gasteiger partial charge in [0.05, 0.1) is 0 Å². The Hall–Kier alpha value is -2.16. The Morgan fingerprint density at radius 2 is 2.07 bits per heavy atom. The van der Waals surface area contributed by atoms with Crippen LogP contribution < -0.4 is 15.4 Å². The van der Waals surface area contributed by atoms with E-state index in [1.807, 2.05) is 12.1 Å². The summed E-state index contributed by atoms with van der Waals surface area (Å²) in [5.74, 6) is 1.18. The number of fused-ring (bicyclic) bond motifs is 1. The molecule has 1 aromatic heterocycles. The molecule has 0 aliphatic carbocycles. The fraction of sp³-hybridized carbons (Fsp3) is 0.500. The molecule has 1 aromatic carbocycles. The Balaban J connectivity index is 0.00000261. The van der Waals surface area contributed by atoms with Crippen LogP contribution in [-0.4, -0.2) is 78.7 Å². The Morgan fingerprint density at radius 3 is 2.78 bits per heavy atom. The molecule has 2 aromatic rings. The van der Waals surface area contributed by atoms with Crippen molar-refractivity contribution in [3.8, 4) is 5.75 Å². The summed E-state index contributed by atoms with van der Waals surface area (Å²) in [5, 5.41) is 7.67. The second-order valence-corrected chi connectivity index (χ2v) is 6.73. The van der Waals surface area contributed by atoms with E-state index in [1.165, 1.54) is 11.2 Å². The lowest BCUT2D eigenvalue weighted by Gasteiger charge is -2.30. The third kappa shape index (κ3) is 5.41. The molecular weight excluding hydrogens is 368 g/mol. The molecule has 0 spiro atoms. The van der Waals surface area contributed by atoms with Crippen molar-refractivity contribution in [1.29, 1.82) is 0 Å². The molecule has 148 valence electrons. The Morgan fingerprint density at radius 1 is 1.33 bits per heavy atom. The summed E-state index contributed by atoms with van der Waals surface area (Å²) in [6, 6.07) is 5.75. The molecule has 3 rings (SSSR count). The van der Waals surface area contributed by atoms with Gasteiger partial charge in [-0.3, -0.25) is 4.90 Å². The Kier molecular flexibility index (Phi) is 7.58. The SMILES string of the molecule is C[C@@H](CN1CCNCC1)Nc1ncnc2c(OC(=O)N(C)C)cccc12.Cl. The fourth-order valence-electron chi connectivity index (χ4n) is 3.00. The highest BCUT2D eigenvalue weighted by atomic mass is 35.5. The first-order chi connectivity index (χ1) is 12.5. The second kappa shape index (κ2) is 9.68. The average molecular weight is 395 g/mol. The van der Waals surface area contributed by atoms with E-state index in [1.54, 1.807) is 20.2 Å². The van der Waals surface area contributed by atoms with E-state index in [0.29, 0.717) is 11.3 Å². The number of nitrogens with one attached hydrogen (secondary N) is 2. The van der Waals surface area contributed by atoms with Crippen LogP contribution in [-0.2, 0) is 0 Å². The van der Waals surface area contributed by atoms with Crippen molar-refractivity contribution in [3.05, 3.63) is 24.5 Å². The van der Waals surface area contributed by atoms with Crippen LogP contribution in [0, 0.1) is 0 Å². The summed E-state index contributed by atoms with van der Waals surface area (Å²) < 4.78 is 5.42. The van der Waals surface area contributed by atoms with Gasteiger partial charge >= 0.3 is 6.09 Å². The van der Waals surface area contributed by atoms with Gasteiger partial charge in [0.25, 0.3) is 0 Å². The number of carbonyl (C=O) groups excluding carboxylic acids is 1. The van der Waals surface area contributed by atoms with E-state index in [0.717, 1.165) is 43.9 Å². The average Bonchev–Trinajstić information content (AvgIpc) is 2.63. The number of para-hydroxylation sites is 1. The third-order valence-electron chi connectivity index (χ3n) is 4.32. The summed E-state index contributed by atoms with van der Waals surface area (Å²) in [4.78, 5) is 24.4. The van der Waals surface area contributed by atoms with Gasteiger partial charge in [0.2, 0.25) is 0 Å². The predicted molar refractivity (Wildman–Crippen MR) is 109 cm³/mol. The van der Waals surface area contributed by atoms with Crippen LogP contribution in [0.15, 0.2) is 24.5 Å². The molecule has 9 heteroatoms. The van der Waals surface area contributed by atoms with Gasteiger partial charge in [-0.2, -0.15) is 0 Å². The molecule has 2 N–H and O–H groups in total. The maximum atomic E-state index is 11.9. The largest absolute Gasteiger partial charge is 0.414 e. The molecule has 1 fully saturated rings. The summed E-state index contributed by atoms with van der Waals surface area (Å²) in [7, 11) is 3.29. The number of hydrogen-bond acceptors (Lipinski definition) is 7. The molecule has 0 saturated carbocycles. The normalized spacial score (nSPS) is 15.7. The standard InChI is InChI=1S/C18H26N6O2.ClH/c1-13(11-24-9-7-19-8-10-24)22-17-14-5-4-6-15(16(14)20-12-21-17)26-18(25)23(2)3;/h4-6,12-13,19H,7-11H2,1-3H3,(H,20,21,22);1H/t13-;/m0./s1. The minimum atomic E-state index is -0.433. The number of benzene rings is 1. The van der Waals surface area contributed by atoms with Gasteiger partial charge in [0.15, 0.2) is 5.75 Å². The quantitative estimate of drug-likeness (QED) is 0.800. The molecule has 1 aliphatic rings. The van der Waals surface area contributed by atoms with Crippen molar-refractivity contribution in [2.45, 2.75) is 13.0 Å². The topological polar surface area (TPSA) is 82.6 Å². The van der Waals surface area contributed by atoms with Crippen molar-refractivity contribution >= 4 is 35.2 Å². The molecule has 1 aliphatic heterocycles. The highest BCUT2D eigenvalue weighted by Crippen LogP contribution is 2.28. The van der Waals surface area contributed by atoms with Crippen molar-refractivity contribution < 1.29 is 9.53 Å². The van der Waals surface area contributed by atoms with Crippen LogP contribution in [0.1, 0.15) is 6.92 Å². The molecule has 1 amide bonds. The number of ether oxygens (including phenoxy) is 1. The van der Waals surface area contributed by atoms with E-state index < -0.39 is 6.09 Å². The number of piperazine rings is 1. The minimum Gasteiger partial charge on any atom is -0.408 e. The van der Waals surface area contributed by atoms with Gasteiger partial charge in [0, 0.05) is 58.2 Å². The van der Waals surface area contributed by atoms with E-state index in [9.17, 15) is 4.79 Å². The number of halogens is 1. The number of hydrogen-bond donors (Lipinski definition) is 2. The van der Waals surface area contributed by atoms with Crippen LogP contribution in [0.25, 0.3) is 10.9 Å². The molecule has 1 saturated heterocycles. The minimum absolute atomic E-state index is 0. The lowest BCUT2D eigenvalue weighted by atomic mass is 10.2. The first-order valence-electron chi connectivity index (χ1n) is 8.87. The molecule has 2 heterocycles. The smallest absolute Gasteiger partial charge is 0.408 e. The number of rotatable bonds is 5. The predicted octanol–water partition coefficient (Wildman–Crippen LogP) is 1.82. The number of nitrogens with zero attached hydrogens (tertiary/aromatic N) is 4.